The lowest BCUT2D eigenvalue weighted by Crippen LogP contribution is -2.32. The standard InChI is InChI=1S/C15H19N3O4/c1-9(19)6-18-15-10(5-17-18)2-3-13-12(15)4-11(7-22-13)21-8-14(16)20/h2-3,5,9,11,19H,4,6-8H2,1H3,(H2,16,20). The fraction of sp³-hybridized carbons (Fsp3) is 0.467. The Labute approximate surface area is 127 Å². The van der Waals surface area contributed by atoms with Crippen molar-refractivity contribution >= 4 is 16.8 Å². The van der Waals surface area contributed by atoms with Crippen molar-refractivity contribution in [1.82, 2.24) is 9.78 Å². The van der Waals surface area contributed by atoms with Gasteiger partial charge >= 0.3 is 0 Å². The van der Waals surface area contributed by atoms with Crippen LogP contribution in [0.4, 0.5) is 0 Å². The molecule has 2 atom stereocenters. The normalized spacial score (nSPS) is 18.7. The molecule has 118 valence electrons. The van der Waals surface area contributed by atoms with Gasteiger partial charge in [-0.2, -0.15) is 5.10 Å². The number of aliphatic hydroxyl groups is 1. The fourth-order valence-corrected chi connectivity index (χ4v) is 2.73. The number of benzene rings is 1. The number of rotatable bonds is 5. The van der Waals surface area contributed by atoms with E-state index >= 15 is 0 Å². The smallest absolute Gasteiger partial charge is 0.243 e. The van der Waals surface area contributed by atoms with Crippen LogP contribution in [-0.4, -0.2) is 46.2 Å². The summed E-state index contributed by atoms with van der Waals surface area (Å²) < 4.78 is 13.0. The molecule has 0 saturated heterocycles. The molecule has 0 aliphatic carbocycles. The van der Waals surface area contributed by atoms with E-state index in [0.717, 1.165) is 22.2 Å². The van der Waals surface area contributed by atoms with Crippen molar-refractivity contribution in [3.8, 4) is 5.75 Å². The first-order chi connectivity index (χ1) is 10.5. The molecule has 0 spiro atoms. The molecule has 2 unspecified atom stereocenters. The molecule has 0 bridgehead atoms. The number of nitrogens with two attached hydrogens (primary N) is 1. The summed E-state index contributed by atoms with van der Waals surface area (Å²) in [4.78, 5) is 10.8. The number of hydrogen-bond donors (Lipinski definition) is 2. The van der Waals surface area contributed by atoms with Crippen molar-refractivity contribution in [3.63, 3.8) is 0 Å². The molecule has 0 saturated carbocycles. The number of aromatic nitrogens is 2. The average Bonchev–Trinajstić information content (AvgIpc) is 2.87. The minimum atomic E-state index is -0.497. The van der Waals surface area contributed by atoms with E-state index in [1.54, 1.807) is 17.8 Å². The molecule has 7 heteroatoms. The molecule has 2 aromatic rings. The van der Waals surface area contributed by atoms with Gasteiger partial charge in [0, 0.05) is 17.4 Å². The number of amides is 1. The van der Waals surface area contributed by atoms with Crippen LogP contribution in [-0.2, 0) is 22.5 Å². The summed E-state index contributed by atoms with van der Waals surface area (Å²) >= 11 is 0. The highest BCUT2D eigenvalue weighted by atomic mass is 16.5. The first-order valence-electron chi connectivity index (χ1n) is 7.22. The molecule has 22 heavy (non-hydrogen) atoms. The van der Waals surface area contributed by atoms with Gasteiger partial charge in [0.1, 0.15) is 19.0 Å². The fourth-order valence-electron chi connectivity index (χ4n) is 2.73. The second-order valence-corrected chi connectivity index (χ2v) is 5.57. The first-order valence-corrected chi connectivity index (χ1v) is 7.22. The number of nitrogens with zero attached hydrogens (tertiary/aromatic N) is 2. The Kier molecular flexibility index (Phi) is 4.00. The van der Waals surface area contributed by atoms with Crippen molar-refractivity contribution in [2.24, 2.45) is 5.73 Å². The number of carbonyl (C=O) groups excluding carboxylic acids is 1. The highest BCUT2D eigenvalue weighted by Crippen LogP contribution is 2.32. The van der Waals surface area contributed by atoms with Gasteiger partial charge in [-0.25, -0.2) is 0 Å². The van der Waals surface area contributed by atoms with Crippen LogP contribution >= 0.6 is 0 Å². The summed E-state index contributed by atoms with van der Waals surface area (Å²) in [5, 5.41) is 14.9. The average molecular weight is 305 g/mol. The topological polar surface area (TPSA) is 99.6 Å². The molecule has 1 aliphatic heterocycles. The van der Waals surface area contributed by atoms with Crippen LogP contribution in [0, 0.1) is 0 Å². The quantitative estimate of drug-likeness (QED) is 0.823. The van der Waals surface area contributed by atoms with E-state index < -0.39 is 12.0 Å². The van der Waals surface area contributed by atoms with Crippen LogP contribution in [0.1, 0.15) is 12.5 Å². The predicted octanol–water partition coefficient (Wildman–Crippen LogP) is 0.222. The zero-order chi connectivity index (χ0) is 15.7. The third kappa shape index (κ3) is 2.90. The third-order valence-corrected chi connectivity index (χ3v) is 3.62. The summed E-state index contributed by atoms with van der Waals surface area (Å²) in [6.45, 7) is 2.40. The second kappa shape index (κ2) is 5.94. The molecule has 2 heterocycles. The number of ether oxygens (including phenoxy) is 2. The van der Waals surface area contributed by atoms with Gasteiger partial charge in [-0.1, -0.05) is 0 Å². The van der Waals surface area contributed by atoms with E-state index in [1.165, 1.54) is 0 Å². The van der Waals surface area contributed by atoms with Crippen molar-refractivity contribution < 1.29 is 19.4 Å². The van der Waals surface area contributed by atoms with Crippen molar-refractivity contribution in [2.75, 3.05) is 13.2 Å². The van der Waals surface area contributed by atoms with Crippen molar-refractivity contribution in [2.45, 2.75) is 32.1 Å². The Bertz CT molecular complexity index is 695. The Morgan fingerprint density at radius 1 is 1.64 bits per heavy atom. The van der Waals surface area contributed by atoms with E-state index in [0.29, 0.717) is 19.6 Å². The molecule has 1 amide bonds. The minimum Gasteiger partial charge on any atom is -0.491 e. The number of fused-ring (bicyclic) bond motifs is 3. The van der Waals surface area contributed by atoms with Crippen molar-refractivity contribution in [1.29, 1.82) is 0 Å². The van der Waals surface area contributed by atoms with Gasteiger partial charge in [-0.15, -0.1) is 0 Å². The van der Waals surface area contributed by atoms with Crippen molar-refractivity contribution in [3.05, 3.63) is 23.9 Å². The van der Waals surface area contributed by atoms with E-state index in [9.17, 15) is 9.90 Å². The predicted molar refractivity (Wildman–Crippen MR) is 79.5 cm³/mol. The zero-order valence-corrected chi connectivity index (χ0v) is 12.4. The first kappa shape index (κ1) is 14.8. The van der Waals surface area contributed by atoms with Crippen LogP contribution in [0.5, 0.6) is 5.75 Å². The maximum Gasteiger partial charge on any atom is 0.243 e. The van der Waals surface area contributed by atoms with Gasteiger partial charge in [0.15, 0.2) is 0 Å². The molecule has 0 radical (unpaired) electrons. The molecule has 7 nitrogen and oxygen atoms in total. The van der Waals surface area contributed by atoms with E-state index in [-0.39, 0.29) is 12.7 Å². The van der Waals surface area contributed by atoms with Crippen LogP contribution in [0.2, 0.25) is 0 Å². The summed E-state index contributed by atoms with van der Waals surface area (Å²) in [6.07, 6.45) is 1.67. The molecule has 1 aromatic carbocycles. The summed E-state index contributed by atoms with van der Waals surface area (Å²) in [6, 6.07) is 3.86. The lowest BCUT2D eigenvalue weighted by Gasteiger charge is -2.26. The molecule has 3 rings (SSSR count). The molecule has 3 N–H and O–H groups in total. The second-order valence-electron chi connectivity index (χ2n) is 5.57. The van der Waals surface area contributed by atoms with Crippen LogP contribution in [0.25, 0.3) is 10.9 Å². The van der Waals surface area contributed by atoms with Gasteiger partial charge in [-0.3, -0.25) is 9.48 Å². The largest absolute Gasteiger partial charge is 0.491 e. The van der Waals surface area contributed by atoms with Gasteiger partial charge in [0.05, 0.1) is 30.5 Å². The SMILES string of the molecule is CC(O)Cn1ncc2ccc3c(c21)CC(OCC(N)=O)CO3. The number of primary amides is 1. The van der Waals surface area contributed by atoms with Crippen LogP contribution < -0.4 is 10.5 Å². The highest BCUT2D eigenvalue weighted by molar-refractivity contribution is 5.84. The molecule has 1 aliphatic rings. The van der Waals surface area contributed by atoms with Gasteiger partial charge < -0.3 is 20.3 Å². The Morgan fingerprint density at radius 3 is 3.18 bits per heavy atom. The van der Waals surface area contributed by atoms with Crippen LogP contribution in [0.15, 0.2) is 18.3 Å². The lowest BCUT2D eigenvalue weighted by atomic mass is 10.0. The minimum absolute atomic E-state index is 0.119. The van der Waals surface area contributed by atoms with Gasteiger partial charge in [-0.05, 0) is 19.1 Å². The van der Waals surface area contributed by atoms with E-state index in [2.05, 4.69) is 5.10 Å². The third-order valence-electron chi connectivity index (χ3n) is 3.62. The number of aliphatic hydroxyl groups excluding tert-OH is 1. The Hall–Kier alpha value is -2.12. The van der Waals surface area contributed by atoms with Crippen LogP contribution in [0.3, 0.4) is 0 Å². The van der Waals surface area contributed by atoms with E-state index in [4.69, 9.17) is 15.2 Å². The van der Waals surface area contributed by atoms with Gasteiger partial charge in [0.2, 0.25) is 5.91 Å². The maximum absolute atomic E-state index is 10.8. The zero-order valence-electron chi connectivity index (χ0n) is 12.4. The maximum atomic E-state index is 10.8. The highest BCUT2D eigenvalue weighted by Gasteiger charge is 2.24. The number of hydrogen-bond acceptors (Lipinski definition) is 5. The van der Waals surface area contributed by atoms with Gasteiger partial charge in [0.25, 0.3) is 0 Å². The lowest BCUT2D eigenvalue weighted by molar-refractivity contribution is -0.125. The summed E-state index contributed by atoms with van der Waals surface area (Å²) in [5.74, 6) is 0.293. The summed E-state index contributed by atoms with van der Waals surface area (Å²) in [7, 11) is 0. The molecular weight excluding hydrogens is 286 g/mol. The summed E-state index contributed by atoms with van der Waals surface area (Å²) in [5.41, 5.74) is 7.03. The Balaban J connectivity index is 1.93. The molecule has 0 fully saturated rings. The Morgan fingerprint density at radius 2 is 2.45 bits per heavy atom. The molecular formula is C15H19N3O4. The molecule has 1 aromatic heterocycles. The number of carbonyl (C=O) groups is 1. The monoisotopic (exact) mass is 305 g/mol. The van der Waals surface area contributed by atoms with E-state index in [1.807, 2.05) is 12.1 Å².